The summed E-state index contributed by atoms with van der Waals surface area (Å²) >= 11 is 0. The number of aromatic carboxylic acids is 3. The monoisotopic (exact) mass is 924 g/mol. The van der Waals surface area contributed by atoms with Crippen molar-refractivity contribution in [3.63, 3.8) is 0 Å². The Morgan fingerprint density at radius 2 is 0.818 bits per heavy atom. The Hall–Kier alpha value is -7.23. The number of nitrogens with zero attached hydrogens (tertiary/aromatic N) is 6. The highest BCUT2D eigenvalue weighted by Gasteiger charge is 2.27. The van der Waals surface area contributed by atoms with Crippen LogP contribution in [0, 0.1) is 17.5 Å². The average Bonchev–Trinajstić information content (AvgIpc) is 4.03. The van der Waals surface area contributed by atoms with Crippen molar-refractivity contribution >= 4 is 17.9 Å². The molecule has 66 heavy (non-hydrogen) atoms. The fraction of sp³-hybridized carbons (Fsp3) is 0.333. The molecule has 0 saturated heterocycles. The number of aliphatic hydroxyl groups is 3. The maximum atomic E-state index is 14.0. The van der Waals surface area contributed by atoms with Crippen LogP contribution < -0.4 is 14.2 Å². The van der Waals surface area contributed by atoms with Gasteiger partial charge >= 0.3 is 17.9 Å². The molecule has 0 fully saturated rings. The van der Waals surface area contributed by atoms with E-state index in [1.165, 1.54) is 86.6 Å². The van der Waals surface area contributed by atoms with Crippen molar-refractivity contribution in [1.29, 1.82) is 0 Å². The molecule has 0 aliphatic rings. The number of hydrogen-bond donors (Lipinski definition) is 6. The average molecular weight is 925 g/mol. The van der Waals surface area contributed by atoms with E-state index in [1.807, 2.05) is 13.8 Å². The first-order valence-corrected chi connectivity index (χ1v) is 20.3. The molecule has 0 aliphatic heterocycles. The molecule has 6 aromatic rings. The molecule has 1 unspecified atom stereocenters. The van der Waals surface area contributed by atoms with E-state index in [0.29, 0.717) is 19.3 Å². The van der Waals surface area contributed by atoms with Gasteiger partial charge < -0.3 is 44.8 Å². The fourth-order valence-corrected chi connectivity index (χ4v) is 5.35. The summed E-state index contributed by atoms with van der Waals surface area (Å²) in [6.07, 6.45) is 1.40. The van der Waals surface area contributed by atoms with Gasteiger partial charge in [0, 0.05) is 18.2 Å². The summed E-state index contributed by atoms with van der Waals surface area (Å²) in [7, 11) is 0. The molecule has 0 amide bonds. The maximum absolute atomic E-state index is 14.0. The van der Waals surface area contributed by atoms with E-state index in [-0.39, 0.29) is 71.6 Å². The topological polar surface area (TPSA) is 254 Å². The molecule has 1 atom stereocenters. The van der Waals surface area contributed by atoms with E-state index in [2.05, 4.69) is 15.3 Å². The van der Waals surface area contributed by atoms with Crippen LogP contribution in [-0.2, 0) is 0 Å². The first-order chi connectivity index (χ1) is 31.0. The first-order valence-electron chi connectivity index (χ1n) is 20.3. The second-order valence-electron chi connectivity index (χ2n) is 15.6. The Morgan fingerprint density at radius 3 is 1.09 bits per heavy atom. The molecule has 354 valence electrons. The third-order valence-corrected chi connectivity index (χ3v) is 9.60. The van der Waals surface area contributed by atoms with Crippen molar-refractivity contribution in [1.82, 2.24) is 29.3 Å². The summed E-state index contributed by atoms with van der Waals surface area (Å²) in [6.45, 7) is 9.90. The Labute approximate surface area is 376 Å². The number of aromatic nitrogens is 6. The van der Waals surface area contributed by atoms with Crippen LogP contribution >= 0.6 is 0 Å². The first kappa shape index (κ1) is 51.4. The quantitative estimate of drug-likeness (QED) is 0.0522. The number of halogens is 3. The molecule has 18 nitrogen and oxygen atoms in total. The Kier molecular flexibility index (Phi) is 17.2. The van der Waals surface area contributed by atoms with Crippen molar-refractivity contribution in [2.45, 2.75) is 77.6 Å². The van der Waals surface area contributed by atoms with E-state index in [9.17, 15) is 42.9 Å². The highest BCUT2D eigenvalue weighted by molar-refractivity contribution is 5.86. The summed E-state index contributed by atoms with van der Waals surface area (Å²) in [4.78, 5) is 33.2. The summed E-state index contributed by atoms with van der Waals surface area (Å²) in [5.41, 5.74) is -3.82. The zero-order valence-electron chi connectivity index (χ0n) is 36.9. The van der Waals surface area contributed by atoms with Gasteiger partial charge in [0.1, 0.15) is 54.3 Å². The van der Waals surface area contributed by atoms with Crippen molar-refractivity contribution in [3.8, 4) is 34.7 Å². The Balaban J connectivity index is 0.000000217. The minimum Gasteiger partial charge on any atom is -0.476 e. The zero-order chi connectivity index (χ0) is 49.0. The van der Waals surface area contributed by atoms with Crippen LogP contribution in [0.25, 0.3) is 17.1 Å². The van der Waals surface area contributed by atoms with E-state index < -0.39 is 52.2 Å². The molecule has 0 radical (unpaired) electrons. The fourth-order valence-electron chi connectivity index (χ4n) is 5.35. The molecule has 0 saturated carbocycles. The van der Waals surface area contributed by atoms with Crippen LogP contribution in [0.15, 0.2) is 91.0 Å². The largest absolute Gasteiger partial charge is 0.476 e. The number of carboxylic acid groups (broad SMARTS) is 3. The predicted molar refractivity (Wildman–Crippen MR) is 231 cm³/mol. The lowest BCUT2D eigenvalue weighted by molar-refractivity contribution is -0.0133. The Morgan fingerprint density at radius 1 is 0.515 bits per heavy atom. The maximum Gasteiger partial charge on any atom is 0.356 e. The minimum atomic E-state index is -1.25. The molecule has 3 aromatic carbocycles. The van der Waals surface area contributed by atoms with Gasteiger partial charge in [-0.1, -0.05) is 57.2 Å². The second-order valence-corrected chi connectivity index (χ2v) is 15.6. The van der Waals surface area contributed by atoms with Crippen LogP contribution in [0.3, 0.4) is 0 Å². The number of para-hydroxylation sites is 3. The molecule has 6 N–H and O–H groups in total. The van der Waals surface area contributed by atoms with Crippen LogP contribution in [-0.4, -0.2) is 115 Å². The molecule has 0 spiro atoms. The standard InChI is InChI=1S/C16H19FN2O4.C15H17FN2O4.C14H15FN2O4/c1-3-16(22,4-2)10-23-14-9-12(15(20)21)18-19(14)13-8-6-5-7-11(13)17;1-3-15(2,21)9-22-13-8-11(14(19)20)17-18(13)12-7-5-4-6-10(12)16;1-14(2,20)8-21-12-7-10(13(18)19)16-17(12)11-6-4-3-5-9(11)15/h5-9,22H,3-4,10H2,1-2H3,(H,20,21);4-8,21H,3,9H2,1-2H3,(H,19,20);3-7,20H,8H2,1-2H3,(H,18,19). The van der Waals surface area contributed by atoms with Gasteiger partial charge in [-0.3, -0.25) is 0 Å². The molecule has 0 bridgehead atoms. The van der Waals surface area contributed by atoms with Gasteiger partial charge in [-0.25, -0.2) is 27.6 Å². The lowest BCUT2D eigenvalue weighted by Gasteiger charge is -2.25. The van der Waals surface area contributed by atoms with Crippen molar-refractivity contribution in [2.24, 2.45) is 0 Å². The van der Waals surface area contributed by atoms with Crippen molar-refractivity contribution in [2.75, 3.05) is 19.8 Å². The number of rotatable bonds is 18. The van der Waals surface area contributed by atoms with Crippen molar-refractivity contribution < 1.29 is 72.4 Å². The lowest BCUT2D eigenvalue weighted by atomic mass is 9.99. The van der Waals surface area contributed by atoms with Gasteiger partial charge in [0.2, 0.25) is 17.6 Å². The number of carbonyl (C=O) groups is 3. The third-order valence-electron chi connectivity index (χ3n) is 9.60. The van der Waals surface area contributed by atoms with Crippen LogP contribution in [0.4, 0.5) is 13.2 Å². The number of ether oxygens (including phenoxy) is 3. The number of benzene rings is 3. The second kappa shape index (κ2) is 22.1. The van der Waals surface area contributed by atoms with Gasteiger partial charge in [-0.05, 0) is 76.4 Å². The summed E-state index contributed by atoms with van der Waals surface area (Å²) in [5.74, 6) is -5.27. The van der Waals surface area contributed by atoms with Gasteiger partial charge in [0.05, 0.1) is 16.8 Å². The minimum absolute atomic E-state index is 0.0413. The highest BCUT2D eigenvalue weighted by atomic mass is 19.1. The summed E-state index contributed by atoms with van der Waals surface area (Å²) in [6, 6.07) is 21.0. The van der Waals surface area contributed by atoms with E-state index >= 15 is 0 Å². The van der Waals surface area contributed by atoms with Gasteiger partial charge in [0.25, 0.3) is 0 Å². The van der Waals surface area contributed by atoms with E-state index in [4.69, 9.17) is 29.5 Å². The molecule has 0 aliphatic carbocycles. The highest BCUT2D eigenvalue weighted by Crippen LogP contribution is 2.26. The van der Waals surface area contributed by atoms with Gasteiger partial charge in [-0.2, -0.15) is 29.3 Å². The molecule has 21 heteroatoms. The normalized spacial score (nSPS) is 12.2. The number of carboxylic acids is 3. The Bertz CT molecular complexity index is 2600. The SMILES string of the molecule is CC(C)(O)COc1cc(C(=O)O)nn1-c1ccccc1F.CCC(C)(O)COc1cc(C(=O)O)nn1-c1ccccc1F.CCC(O)(CC)COc1cc(C(=O)O)nn1-c1ccccc1F. The predicted octanol–water partition coefficient (Wildman–Crippen LogP) is 6.75. The smallest absolute Gasteiger partial charge is 0.356 e. The van der Waals surface area contributed by atoms with E-state index in [0.717, 1.165) is 14.0 Å². The van der Waals surface area contributed by atoms with Gasteiger partial charge in [-0.15, -0.1) is 0 Å². The van der Waals surface area contributed by atoms with Gasteiger partial charge in [0.15, 0.2) is 17.1 Å². The van der Waals surface area contributed by atoms with E-state index in [1.54, 1.807) is 32.0 Å². The molecular formula is C45H51F3N6O12. The lowest BCUT2D eigenvalue weighted by Crippen LogP contribution is -2.34. The molecule has 6 rings (SSSR count). The van der Waals surface area contributed by atoms with Crippen LogP contribution in [0.2, 0.25) is 0 Å². The molecular weight excluding hydrogens is 874 g/mol. The third kappa shape index (κ3) is 13.9. The summed E-state index contributed by atoms with van der Waals surface area (Å²) in [5, 5.41) is 68.5. The summed E-state index contributed by atoms with van der Waals surface area (Å²) < 4.78 is 61.3. The van der Waals surface area contributed by atoms with Crippen LogP contribution in [0.5, 0.6) is 17.6 Å². The molecule has 3 aromatic heterocycles. The molecule has 3 heterocycles. The van der Waals surface area contributed by atoms with Crippen LogP contribution in [0.1, 0.15) is 92.3 Å². The number of hydrogen-bond acceptors (Lipinski definition) is 12. The van der Waals surface area contributed by atoms with Crippen molar-refractivity contribution in [3.05, 3.63) is 126 Å². The zero-order valence-corrected chi connectivity index (χ0v) is 36.9.